The van der Waals surface area contributed by atoms with Crippen LogP contribution >= 0.6 is 12.2 Å². The van der Waals surface area contributed by atoms with E-state index in [0.29, 0.717) is 17.2 Å². The van der Waals surface area contributed by atoms with Gasteiger partial charge in [0.1, 0.15) is 29.7 Å². The van der Waals surface area contributed by atoms with Crippen LogP contribution in [0.2, 0.25) is 0 Å². The number of rotatable bonds is 9. The number of nitriles is 1. The van der Waals surface area contributed by atoms with Gasteiger partial charge in [-0.2, -0.15) is 5.26 Å². The van der Waals surface area contributed by atoms with Gasteiger partial charge in [0.2, 0.25) is 0 Å². The number of nitrogens with zero attached hydrogens (tertiary/aromatic N) is 3. The van der Waals surface area contributed by atoms with Crippen LogP contribution in [-0.2, 0) is 0 Å². The van der Waals surface area contributed by atoms with Gasteiger partial charge >= 0.3 is 0 Å². The molecule has 0 bridgehead atoms. The molecule has 2 aliphatic heterocycles. The number of hydrogen-bond donors (Lipinski definition) is 1. The summed E-state index contributed by atoms with van der Waals surface area (Å²) in [4.78, 5) is 5.27. The van der Waals surface area contributed by atoms with Crippen LogP contribution < -0.4 is 15.2 Å². The molecule has 7 heteroatoms. The third kappa shape index (κ3) is 9.48. The Labute approximate surface area is 215 Å². The Kier molecular flexibility index (Phi) is 10.8. The van der Waals surface area contributed by atoms with E-state index in [9.17, 15) is 0 Å². The highest BCUT2D eigenvalue weighted by molar-refractivity contribution is 7.80. The molecule has 2 heterocycles. The van der Waals surface area contributed by atoms with Crippen molar-refractivity contribution in [3.05, 3.63) is 58.7 Å². The first-order valence-electron chi connectivity index (χ1n) is 12.6. The van der Waals surface area contributed by atoms with Crippen LogP contribution in [0.4, 0.5) is 0 Å². The van der Waals surface area contributed by atoms with E-state index in [2.05, 4.69) is 15.9 Å². The molecule has 2 aromatic carbocycles. The molecule has 0 unspecified atom stereocenters. The summed E-state index contributed by atoms with van der Waals surface area (Å²) in [6, 6.07) is 13.7. The van der Waals surface area contributed by atoms with Gasteiger partial charge in [-0.15, -0.1) is 0 Å². The van der Waals surface area contributed by atoms with Crippen molar-refractivity contribution in [3.63, 3.8) is 0 Å². The molecular formula is C28H38N4O2S. The number of hydrogen-bond acceptors (Lipinski definition) is 6. The molecule has 0 radical (unpaired) electrons. The van der Waals surface area contributed by atoms with E-state index in [1.54, 1.807) is 6.07 Å². The average Bonchev–Trinajstić information content (AvgIpc) is 3.53. The third-order valence-electron chi connectivity index (χ3n) is 6.27. The SMILES string of the molecule is Cc1cc(C#N)cc(OCCN2CCCC2)c1.Cc1cc(OCCN2CCCC2)cc(C(N)=S)c1. The van der Waals surface area contributed by atoms with Gasteiger partial charge in [-0.3, -0.25) is 9.80 Å². The number of thiocarbonyl (C=S) groups is 1. The molecular weight excluding hydrogens is 456 g/mol. The molecule has 35 heavy (non-hydrogen) atoms. The van der Waals surface area contributed by atoms with Crippen LogP contribution in [0.3, 0.4) is 0 Å². The maximum Gasteiger partial charge on any atom is 0.120 e. The molecule has 2 N–H and O–H groups in total. The number of benzene rings is 2. The minimum atomic E-state index is 0.420. The zero-order valence-electron chi connectivity index (χ0n) is 21.1. The second-order valence-corrected chi connectivity index (χ2v) is 9.78. The summed E-state index contributed by atoms with van der Waals surface area (Å²) in [5.41, 5.74) is 9.38. The highest BCUT2D eigenvalue weighted by atomic mass is 32.1. The predicted octanol–water partition coefficient (Wildman–Crippen LogP) is 4.45. The monoisotopic (exact) mass is 494 g/mol. The quantitative estimate of drug-likeness (QED) is 0.517. The predicted molar refractivity (Wildman–Crippen MR) is 145 cm³/mol. The normalized spacial score (nSPS) is 15.8. The van der Waals surface area contributed by atoms with Gasteiger partial charge in [-0.25, -0.2) is 0 Å². The third-order valence-corrected chi connectivity index (χ3v) is 6.50. The fourth-order valence-electron chi connectivity index (χ4n) is 4.47. The Balaban J connectivity index is 0.000000196. The number of ether oxygens (including phenoxy) is 2. The molecule has 0 aromatic heterocycles. The minimum Gasteiger partial charge on any atom is -0.492 e. The average molecular weight is 495 g/mol. The zero-order valence-corrected chi connectivity index (χ0v) is 21.9. The van der Waals surface area contributed by atoms with Crippen molar-refractivity contribution in [1.82, 2.24) is 9.80 Å². The molecule has 0 atom stereocenters. The fourth-order valence-corrected chi connectivity index (χ4v) is 4.58. The van der Waals surface area contributed by atoms with Crippen molar-refractivity contribution < 1.29 is 9.47 Å². The highest BCUT2D eigenvalue weighted by Gasteiger charge is 2.12. The lowest BCUT2D eigenvalue weighted by Crippen LogP contribution is -2.25. The van der Waals surface area contributed by atoms with Crippen LogP contribution in [0.5, 0.6) is 11.5 Å². The van der Waals surface area contributed by atoms with Gasteiger partial charge in [-0.1, -0.05) is 12.2 Å². The number of likely N-dealkylation sites (tertiary alicyclic amines) is 2. The van der Waals surface area contributed by atoms with Gasteiger partial charge in [0, 0.05) is 18.7 Å². The molecule has 0 spiro atoms. The van der Waals surface area contributed by atoms with Crippen LogP contribution in [0, 0.1) is 25.2 Å². The van der Waals surface area contributed by atoms with Gasteiger partial charge in [-0.05, 0) is 113 Å². The minimum absolute atomic E-state index is 0.420. The summed E-state index contributed by atoms with van der Waals surface area (Å²) < 4.78 is 11.5. The van der Waals surface area contributed by atoms with Crippen LogP contribution in [-0.4, -0.2) is 67.3 Å². The topological polar surface area (TPSA) is 74.8 Å². The molecule has 0 aliphatic carbocycles. The smallest absolute Gasteiger partial charge is 0.120 e. The fraction of sp³-hybridized carbons (Fsp3) is 0.500. The summed E-state index contributed by atoms with van der Waals surface area (Å²) in [5.74, 6) is 1.66. The van der Waals surface area contributed by atoms with E-state index in [0.717, 1.165) is 47.9 Å². The summed E-state index contributed by atoms with van der Waals surface area (Å²) in [5, 5.41) is 8.87. The van der Waals surface area contributed by atoms with Crippen molar-refractivity contribution in [2.24, 2.45) is 5.73 Å². The summed E-state index contributed by atoms with van der Waals surface area (Å²) >= 11 is 5.00. The molecule has 6 nitrogen and oxygen atoms in total. The van der Waals surface area contributed by atoms with Gasteiger partial charge in [0.25, 0.3) is 0 Å². The maximum absolute atomic E-state index is 8.87. The van der Waals surface area contributed by atoms with Crippen LogP contribution in [0.15, 0.2) is 36.4 Å². The van der Waals surface area contributed by atoms with Gasteiger partial charge in [0.05, 0.1) is 11.6 Å². The Bertz CT molecular complexity index is 1010. The first-order valence-corrected chi connectivity index (χ1v) is 13.0. The molecule has 2 aromatic rings. The Morgan fingerprint density at radius 1 is 0.829 bits per heavy atom. The first-order chi connectivity index (χ1) is 16.9. The summed E-state index contributed by atoms with van der Waals surface area (Å²) in [7, 11) is 0. The molecule has 2 aliphatic rings. The zero-order chi connectivity index (χ0) is 25.0. The van der Waals surface area contributed by atoms with Crippen molar-refractivity contribution in [2.45, 2.75) is 39.5 Å². The Hall–Kier alpha value is -2.66. The molecule has 2 saturated heterocycles. The standard InChI is InChI=1S/C14H20N2OS.C14H18N2O/c1-11-8-12(14(15)18)10-13(9-11)17-7-6-16-4-2-3-5-16;1-12-8-13(11-15)10-14(9-12)17-7-6-16-4-2-3-5-16/h8-10H,2-7H2,1H3,(H2,15,18);8-10H,2-7H2,1H3. The summed E-state index contributed by atoms with van der Waals surface area (Å²) in [6.45, 7) is 12.2. The van der Waals surface area contributed by atoms with Crippen LogP contribution in [0.1, 0.15) is 47.9 Å². The van der Waals surface area contributed by atoms with Crippen molar-refractivity contribution >= 4 is 17.2 Å². The second kappa shape index (κ2) is 14.0. The first kappa shape index (κ1) is 26.9. The van der Waals surface area contributed by atoms with Gasteiger partial charge < -0.3 is 15.2 Å². The van der Waals surface area contributed by atoms with E-state index >= 15 is 0 Å². The van der Waals surface area contributed by atoms with E-state index in [-0.39, 0.29) is 0 Å². The Morgan fingerprint density at radius 2 is 1.31 bits per heavy atom. The van der Waals surface area contributed by atoms with Gasteiger partial charge in [0.15, 0.2) is 0 Å². The summed E-state index contributed by atoms with van der Waals surface area (Å²) in [6.07, 6.45) is 5.25. The van der Waals surface area contributed by atoms with E-state index in [1.807, 2.05) is 44.2 Å². The lowest BCUT2D eigenvalue weighted by atomic mass is 10.1. The lowest BCUT2D eigenvalue weighted by Gasteiger charge is -2.15. The van der Waals surface area contributed by atoms with Crippen molar-refractivity contribution in [2.75, 3.05) is 52.5 Å². The Morgan fingerprint density at radius 3 is 1.80 bits per heavy atom. The largest absolute Gasteiger partial charge is 0.492 e. The molecule has 0 saturated carbocycles. The number of aryl methyl sites for hydroxylation is 2. The molecule has 4 rings (SSSR count). The molecule has 188 valence electrons. The molecule has 2 fully saturated rings. The van der Waals surface area contributed by atoms with E-state index in [4.69, 9.17) is 32.7 Å². The second-order valence-electron chi connectivity index (χ2n) is 9.34. The highest BCUT2D eigenvalue weighted by Crippen LogP contribution is 2.18. The van der Waals surface area contributed by atoms with Crippen molar-refractivity contribution in [3.8, 4) is 17.6 Å². The number of nitrogens with two attached hydrogens (primary N) is 1. The maximum atomic E-state index is 8.87. The molecule has 0 amide bonds. The van der Waals surface area contributed by atoms with Crippen LogP contribution in [0.25, 0.3) is 0 Å². The van der Waals surface area contributed by atoms with E-state index in [1.165, 1.54) is 51.9 Å². The lowest BCUT2D eigenvalue weighted by molar-refractivity contribution is 0.237. The van der Waals surface area contributed by atoms with E-state index < -0.39 is 0 Å². The van der Waals surface area contributed by atoms with Crippen molar-refractivity contribution in [1.29, 1.82) is 5.26 Å².